The summed E-state index contributed by atoms with van der Waals surface area (Å²) in [6.07, 6.45) is 0.108. The molecule has 4 atom stereocenters. The molecule has 0 spiro atoms. The van der Waals surface area contributed by atoms with Crippen LogP contribution in [0.3, 0.4) is 0 Å². The molecule has 2 nitrogen and oxygen atoms in total. The van der Waals surface area contributed by atoms with Crippen LogP contribution in [0.25, 0.3) is 0 Å². The largest absolute Gasteiger partial charge is 0.392 e. The summed E-state index contributed by atoms with van der Waals surface area (Å²) >= 11 is 0. The van der Waals surface area contributed by atoms with Crippen LogP contribution in [0.1, 0.15) is 13.3 Å². The third-order valence-corrected chi connectivity index (χ3v) is 2.67. The van der Waals surface area contributed by atoms with E-state index < -0.39 is 0 Å². The van der Waals surface area contributed by atoms with Gasteiger partial charge in [-0.3, -0.25) is 4.79 Å². The summed E-state index contributed by atoms with van der Waals surface area (Å²) in [4.78, 5) is 10.9. The molecule has 0 radical (unpaired) electrons. The van der Waals surface area contributed by atoms with Crippen LogP contribution in [0.5, 0.6) is 0 Å². The van der Waals surface area contributed by atoms with E-state index in [1.165, 1.54) is 0 Å². The van der Waals surface area contributed by atoms with Crippen LogP contribution >= 0.6 is 0 Å². The van der Waals surface area contributed by atoms with E-state index in [-0.39, 0.29) is 17.8 Å². The lowest BCUT2D eigenvalue weighted by atomic mass is 10.1. The average molecular weight is 126 g/mol. The monoisotopic (exact) mass is 126 g/mol. The number of ketones is 1. The fourth-order valence-electron chi connectivity index (χ4n) is 2.07. The highest BCUT2D eigenvalue weighted by molar-refractivity contribution is 5.88. The number of carbonyl (C=O) groups is 1. The molecule has 1 unspecified atom stereocenters. The van der Waals surface area contributed by atoms with Crippen molar-refractivity contribution >= 4 is 5.78 Å². The maximum Gasteiger partial charge on any atom is 0.139 e. The molecule has 2 aliphatic rings. The molecule has 2 fully saturated rings. The van der Waals surface area contributed by atoms with Gasteiger partial charge < -0.3 is 5.11 Å². The Morgan fingerprint density at radius 2 is 2.33 bits per heavy atom. The first-order chi connectivity index (χ1) is 4.22. The lowest BCUT2D eigenvalue weighted by Gasteiger charge is -2.00. The summed E-state index contributed by atoms with van der Waals surface area (Å²) in [5.41, 5.74) is 0. The molecule has 0 heterocycles. The Morgan fingerprint density at radius 1 is 1.67 bits per heavy atom. The van der Waals surface area contributed by atoms with Crippen LogP contribution < -0.4 is 0 Å². The highest BCUT2D eigenvalue weighted by Gasteiger charge is 2.60. The van der Waals surface area contributed by atoms with Crippen molar-refractivity contribution in [2.45, 2.75) is 19.4 Å². The fraction of sp³-hybridized carbons (Fsp3) is 0.857. The van der Waals surface area contributed by atoms with Crippen molar-refractivity contribution in [3.63, 3.8) is 0 Å². The lowest BCUT2D eigenvalue weighted by molar-refractivity contribution is -0.120. The van der Waals surface area contributed by atoms with Crippen molar-refractivity contribution in [2.75, 3.05) is 0 Å². The number of aliphatic hydroxyl groups excluding tert-OH is 1. The molecular formula is C7H10O2. The molecule has 0 bridgehead atoms. The summed E-state index contributed by atoms with van der Waals surface area (Å²) in [5.74, 6) is 1.32. The lowest BCUT2D eigenvalue weighted by Crippen LogP contribution is -2.09. The zero-order valence-corrected chi connectivity index (χ0v) is 5.37. The first-order valence-corrected chi connectivity index (χ1v) is 3.42. The van der Waals surface area contributed by atoms with Crippen LogP contribution in [0.2, 0.25) is 0 Å². The summed E-state index contributed by atoms with van der Waals surface area (Å²) in [7, 11) is 0. The molecule has 9 heavy (non-hydrogen) atoms. The number of hydrogen-bond acceptors (Lipinski definition) is 2. The Bertz CT molecular complexity index is 164. The smallest absolute Gasteiger partial charge is 0.139 e. The van der Waals surface area contributed by atoms with Crippen molar-refractivity contribution in [3.05, 3.63) is 0 Å². The van der Waals surface area contributed by atoms with E-state index in [0.29, 0.717) is 18.3 Å². The average Bonchev–Trinajstić information content (AvgIpc) is 2.30. The Balaban J connectivity index is 2.19. The normalized spacial score (nSPS) is 55.6. The van der Waals surface area contributed by atoms with E-state index in [4.69, 9.17) is 5.11 Å². The Morgan fingerprint density at radius 3 is 2.56 bits per heavy atom. The topological polar surface area (TPSA) is 37.3 Å². The van der Waals surface area contributed by atoms with Crippen molar-refractivity contribution in [1.29, 1.82) is 0 Å². The second-order valence-corrected chi connectivity index (χ2v) is 3.20. The molecule has 2 saturated carbocycles. The van der Waals surface area contributed by atoms with Crippen LogP contribution in [0.15, 0.2) is 0 Å². The number of aliphatic hydroxyl groups is 1. The van der Waals surface area contributed by atoms with Crippen molar-refractivity contribution in [3.8, 4) is 0 Å². The Hall–Kier alpha value is -0.370. The zero-order chi connectivity index (χ0) is 6.59. The van der Waals surface area contributed by atoms with Gasteiger partial charge in [0.1, 0.15) is 5.78 Å². The molecule has 0 aliphatic heterocycles. The van der Waals surface area contributed by atoms with Gasteiger partial charge in [0.05, 0.1) is 6.10 Å². The van der Waals surface area contributed by atoms with E-state index >= 15 is 0 Å². The van der Waals surface area contributed by atoms with Gasteiger partial charge in [0, 0.05) is 12.3 Å². The van der Waals surface area contributed by atoms with Gasteiger partial charge in [-0.15, -0.1) is 0 Å². The first-order valence-electron chi connectivity index (χ1n) is 3.42. The fourth-order valence-corrected chi connectivity index (χ4v) is 2.07. The van der Waals surface area contributed by atoms with Crippen LogP contribution in [0, 0.1) is 17.8 Å². The van der Waals surface area contributed by atoms with Crippen molar-refractivity contribution in [2.24, 2.45) is 17.8 Å². The molecule has 2 rings (SSSR count). The van der Waals surface area contributed by atoms with Crippen LogP contribution in [-0.2, 0) is 4.79 Å². The second-order valence-electron chi connectivity index (χ2n) is 3.20. The summed E-state index contributed by atoms with van der Waals surface area (Å²) < 4.78 is 0. The molecule has 1 N–H and O–H groups in total. The zero-order valence-electron chi connectivity index (χ0n) is 5.37. The quantitative estimate of drug-likeness (QED) is 0.503. The van der Waals surface area contributed by atoms with E-state index in [1.807, 2.05) is 6.92 Å². The molecular weight excluding hydrogens is 116 g/mol. The molecule has 2 heteroatoms. The molecule has 0 amide bonds. The van der Waals surface area contributed by atoms with Gasteiger partial charge in [0.15, 0.2) is 0 Å². The molecule has 0 aromatic rings. The third-order valence-electron chi connectivity index (χ3n) is 2.67. The van der Waals surface area contributed by atoms with E-state index in [2.05, 4.69) is 0 Å². The van der Waals surface area contributed by atoms with Gasteiger partial charge in [-0.1, -0.05) is 6.92 Å². The molecule has 50 valence electrons. The van der Waals surface area contributed by atoms with Crippen molar-refractivity contribution < 1.29 is 9.90 Å². The van der Waals surface area contributed by atoms with Gasteiger partial charge >= 0.3 is 0 Å². The van der Waals surface area contributed by atoms with E-state index in [1.54, 1.807) is 0 Å². The van der Waals surface area contributed by atoms with Crippen molar-refractivity contribution in [1.82, 2.24) is 0 Å². The van der Waals surface area contributed by atoms with Crippen LogP contribution in [0.4, 0.5) is 0 Å². The summed E-state index contributed by atoms with van der Waals surface area (Å²) in [6.45, 7) is 2.04. The number of hydrogen-bond donors (Lipinski definition) is 1. The highest BCUT2D eigenvalue weighted by Crippen LogP contribution is 2.54. The molecule has 0 aromatic heterocycles. The minimum absolute atomic E-state index is 0.236. The molecule has 0 saturated heterocycles. The number of carbonyl (C=O) groups excluding carboxylic acids is 1. The Kier molecular flexibility index (Phi) is 0.826. The Labute approximate surface area is 53.9 Å². The first kappa shape index (κ1) is 5.42. The van der Waals surface area contributed by atoms with Crippen LogP contribution in [-0.4, -0.2) is 17.0 Å². The second kappa shape index (κ2) is 1.37. The maximum atomic E-state index is 10.9. The predicted octanol–water partition coefficient (Wildman–Crippen LogP) is 0.202. The minimum Gasteiger partial charge on any atom is -0.392 e. The van der Waals surface area contributed by atoms with Gasteiger partial charge in [0.2, 0.25) is 0 Å². The maximum absolute atomic E-state index is 10.9. The highest BCUT2D eigenvalue weighted by atomic mass is 16.3. The SMILES string of the molecule is C[C@@H]1[C@H]2C(=O)CC(O)[C@@H]12. The molecule has 2 aliphatic carbocycles. The van der Waals surface area contributed by atoms with Gasteiger partial charge in [0.25, 0.3) is 0 Å². The van der Waals surface area contributed by atoms with E-state index in [9.17, 15) is 4.79 Å². The van der Waals surface area contributed by atoms with Gasteiger partial charge in [-0.2, -0.15) is 0 Å². The van der Waals surface area contributed by atoms with Gasteiger partial charge in [-0.25, -0.2) is 0 Å². The third kappa shape index (κ3) is 0.517. The molecule has 0 aromatic carbocycles. The number of Topliss-reactive ketones (excluding diaryl/α,β-unsaturated/α-hetero) is 1. The predicted molar refractivity (Wildman–Crippen MR) is 31.8 cm³/mol. The minimum atomic E-state index is -0.308. The number of fused-ring (bicyclic) bond motifs is 1. The summed E-state index contributed by atoms with van der Waals surface area (Å²) in [6, 6.07) is 0. The van der Waals surface area contributed by atoms with Gasteiger partial charge in [-0.05, 0) is 11.8 Å². The standard InChI is InChI=1S/C7H10O2/c1-3-6-4(8)2-5(9)7(3)6/h3-4,6-8H,2H2,1H3/t3-,4?,6+,7-/m0/s1. The summed E-state index contributed by atoms with van der Waals surface area (Å²) in [5, 5.41) is 9.16. The number of rotatable bonds is 0. The van der Waals surface area contributed by atoms with E-state index in [0.717, 1.165) is 0 Å².